The molecule has 0 bridgehead atoms. The Bertz CT molecular complexity index is 605. The number of nitriles is 1. The van der Waals surface area contributed by atoms with E-state index in [0.29, 0.717) is 23.6 Å². The van der Waals surface area contributed by atoms with Crippen molar-refractivity contribution in [3.05, 3.63) is 23.8 Å². The first-order valence-corrected chi connectivity index (χ1v) is 8.08. The molecule has 0 aliphatic heterocycles. The van der Waals surface area contributed by atoms with E-state index in [1.54, 1.807) is 32.2 Å². The molecule has 0 spiro atoms. The molecule has 0 radical (unpaired) electrons. The SMILES string of the molecule is CCCCOc1ccc(NC(=O)[C@@](C)(OC)C2CC2)c(C#N)c1. The Balaban J connectivity index is 2.10. The van der Waals surface area contributed by atoms with E-state index in [9.17, 15) is 10.1 Å². The summed E-state index contributed by atoms with van der Waals surface area (Å²) < 4.78 is 11.0. The molecule has 1 saturated carbocycles. The minimum atomic E-state index is -0.844. The van der Waals surface area contributed by atoms with Gasteiger partial charge in [-0.3, -0.25) is 4.79 Å². The number of nitrogens with zero attached hydrogens (tertiary/aromatic N) is 1. The van der Waals surface area contributed by atoms with Crippen LogP contribution in [0.3, 0.4) is 0 Å². The fraction of sp³-hybridized carbons (Fsp3) is 0.556. The third-order valence-corrected chi connectivity index (χ3v) is 4.36. The zero-order valence-corrected chi connectivity index (χ0v) is 14.0. The lowest BCUT2D eigenvalue weighted by atomic mass is 9.98. The Kier molecular flexibility index (Phi) is 5.62. The average molecular weight is 316 g/mol. The van der Waals surface area contributed by atoms with Gasteiger partial charge in [-0.05, 0) is 50.3 Å². The summed E-state index contributed by atoms with van der Waals surface area (Å²) in [6, 6.07) is 7.25. The molecule has 2 rings (SSSR count). The van der Waals surface area contributed by atoms with Crippen molar-refractivity contribution in [3.8, 4) is 11.8 Å². The molecule has 1 aromatic carbocycles. The van der Waals surface area contributed by atoms with Crippen molar-refractivity contribution in [1.29, 1.82) is 5.26 Å². The topological polar surface area (TPSA) is 71.3 Å². The number of nitrogens with one attached hydrogen (secondary N) is 1. The second-order valence-corrected chi connectivity index (χ2v) is 6.06. The monoisotopic (exact) mass is 316 g/mol. The maximum Gasteiger partial charge on any atom is 0.256 e. The van der Waals surface area contributed by atoms with E-state index in [-0.39, 0.29) is 11.8 Å². The van der Waals surface area contributed by atoms with Crippen LogP contribution in [0.2, 0.25) is 0 Å². The fourth-order valence-electron chi connectivity index (χ4n) is 2.47. The van der Waals surface area contributed by atoms with Gasteiger partial charge in [-0.2, -0.15) is 5.26 Å². The molecular weight excluding hydrogens is 292 g/mol. The van der Waals surface area contributed by atoms with Crippen LogP contribution in [-0.2, 0) is 9.53 Å². The molecule has 1 aliphatic rings. The molecule has 0 saturated heterocycles. The first-order valence-electron chi connectivity index (χ1n) is 8.08. The summed E-state index contributed by atoms with van der Waals surface area (Å²) in [4.78, 5) is 12.5. The van der Waals surface area contributed by atoms with E-state index in [2.05, 4.69) is 18.3 Å². The lowest BCUT2D eigenvalue weighted by Crippen LogP contribution is -2.44. The first kappa shape index (κ1) is 17.3. The van der Waals surface area contributed by atoms with E-state index in [0.717, 1.165) is 25.7 Å². The molecule has 1 aliphatic carbocycles. The van der Waals surface area contributed by atoms with Crippen molar-refractivity contribution >= 4 is 11.6 Å². The normalized spacial score (nSPS) is 16.3. The lowest BCUT2D eigenvalue weighted by molar-refractivity contribution is -0.138. The van der Waals surface area contributed by atoms with Crippen molar-refractivity contribution in [2.75, 3.05) is 19.0 Å². The number of methoxy groups -OCH3 is 1. The van der Waals surface area contributed by atoms with Crippen LogP contribution >= 0.6 is 0 Å². The number of carbonyl (C=O) groups excluding carboxylic acids is 1. The number of unbranched alkanes of at least 4 members (excludes halogenated alkanes) is 1. The van der Waals surface area contributed by atoms with Crippen molar-refractivity contribution in [3.63, 3.8) is 0 Å². The summed E-state index contributed by atoms with van der Waals surface area (Å²) in [5.41, 5.74) is 0.0362. The fourth-order valence-corrected chi connectivity index (χ4v) is 2.47. The van der Waals surface area contributed by atoms with Crippen LogP contribution < -0.4 is 10.1 Å². The van der Waals surface area contributed by atoms with Crippen molar-refractivity contribution in [2.45, 2.75) is 45.1 Å². The molecule has 124 valence electrons. The van der Waals surface area contributed by atoms with Gasteiger partial charge in [-0.1, -0.05) is 13.3 Å². The van der Waals surface area contributed by atoms with Crippen LogP contribution in [0, 0.1) is 17.2 Å². The largest absolute Gasteiger partial charge is 0.494 e. The van der Waals surface area contributed by atoms with Gasteiger partial charge in [0.05, 0.1) is 17.9 Å². The van der Waals surface area contributed by atoms with Gasteiger partial charge in [-0.25, -0.2) is 0 Å². The summed E-state index contributed by atoms with van der Waals surface area (Å²) in [6.07, 6.45) is 4.00. The Morgan fingerprint density at radius 1 is 1.48 bits per heavy atom. The smallest absolute Gasteiger partial charge is 0.256 e. The van der Waals surface area contributed by atoms with E-state index >= 15 is 0 Å². The Hall–Kier alpha value is -2.06. The number of benzene rings is 1. The van der Waals surface area contributed by atoms with Crippen LogP contribution in [0.15, 0.2) is 18.2 Å². The molecule has 0 unspecified atom stereocenters. The van der Waals surface area contributed by atoms with E-state index in [1.165, 1.54) is 0 Å². The molecule has 1 atom stereocenters. The zero-order valence-electron chi connectivity index (χ0n) is 14.0. The number of carbonyl (C=O) groups is 1. The number of amides is 1. The van der Waals surface area contributed by atoms with Crippen molar-refractivity contribution < 1.29 is 14.3 Å². The maximum atomic E-state index is 12.5. The Morgan fingerprint density at radius 3 is 2.78 bits per heavy atom. The molecule has 5 heteroatoms. The Morgan fingerprint density at radius 2 is 2.22 bits per heavy atom. The van der Waals surface area contributed by atoms with E-state index in [4.69, 9.17) is 9.47 Å². The zero-order chi connectivity index (χ0) is 16.9. The van der Waals surface area contributed by atoms with Gasteiger partial charge in [0.1, 0.15) is 17.4 Å². The van der Waals surface area contributed by atoms with Gasteiger partial charge in [0.2, 0.25) is 0 Å². The highest BCUT2D eigenvalue weighted by atomic mass is 16.5. The van der Waals surface area contributed by atoms with Crippen LogP contribution in [0.4, 0.5) is 5.69 Å². The quantitative estimate of drug-likeness (QED) is 0.745. The van der Waals surface area contributed by atoms with Crippen LogP contribution in [-0.4, -0.2) is 25.2 Å². The third kappa shape index (κ3) is 4.02. The van der Waals surface area contributed by atoms with E-state index < -0.39 is 5.60 Å². The molecule has 0 aromatic heterocycles. The molecule has 23 heavy (non-hydrogen) atoms. The van der Waals surface area contributed by atoms with Gasteiger partial charge in [0.15, 0.2) is 0 Å². The summed E-state index contributed by atoms with van der Waals surface area (Å²) in [7, 11) is 1.55. The summed E-state index contributed by atoms with van der Waals surface area (Å²) in [5.74, 6) is 0.679. The minimum Gasteiger partial charge on any atom is -0.494 e. The summed E-state index contributed by atoms with van der Waals surface area (Å²) >= 11 is 0. The average Bonchev–Trinajstić information content (AvgIpc) is 3.40. The first-order chi connectivity index (χ1) is 11.0. The predicted molar refractivity (Wildman–Crippen MR) is 88.3 cm³/mol. The van der Waals surface area contributed by atoms with Gasteiger partial charge in [0.25, 0.3) is 5.91 Å². The lowest BCUT2D eigenvalue weighted by Gasteiger charge is -2.27. The molecular formula is C18H24N2O3. The minimum absolute atomic E-state index is 0.210. The predicted octanol–water partition coefficient (Wildman–Crippen LogP) is 3.49. The summed E-state index contributed by atoms with van der Waals surface area (Å²) in [5, 5.41) is 12.1. The molecule has 5 nitrogen and oxygen atoms in total. The van der Waals surface area contributed by atoms with Crippen molar-refractivity contribution in [1.82, 2.24) is 0 Å². The van der Waals surface area contributed by atoms with Gasteiger partial charge in [-0.15, -0.1) is 0 Å². The number of anilines is 1. The number of ether oxygens (including phenoxy) is 2. The number of hydrogen-bond donors (Lipinski definition) is 1. The second kappa shape index (κ2) is 7.47. The third-order valence-electron chi connectivity index (χ3n) is 4.36. The van der Waals surface area contributed by atoms with Gasteiger partial charge < -0.3 is 14.8 Å². The van der Waals surface area contributed by atoms with Crippen LogP contribution in [0.5, 0.6) is 5.75 Å². The standard InChI is InChI=1S/C18H24N2O3/c1-4-5-10-23-15-8-9-16(13(11-15)12-19)20-17(21)18(2,22-3)14-6-7-14/h8-9,11,14H,4-7,10H2,1-3H3,(H,20,21)/t18-/m0/s1. The number of rotatable bonds is 8. The van der Waals surface area contributed by atoms with Crippen molar-refractivity contribution in [2.24, 2.45) is 5.92 Å². The molecule has 1 fully saturated rings. The van der Waals surface area contributed by atoms with Crippen LogP contribution in [0.1, 0.15) is 45.1 Å². The highest BCUT2D eigenvalue weighted by Gasteiger charge is 2.47. The highest BCUT2D eigenvalue weighted by Crippen LogP contribution is 2.42. The molecule has 0 heterocycles. The summed E-state index contributed by atoms with van der Waals surface area (Å²) in [6.45, 7) is 4.51. The number of hydrogen-bond acceptors (Lipinski definition) is 4. The van der Waals surface area contributed by atoms with Gasteiger partial charge >= 0.3 is 0 Å². The molecule has 1 aromatic rings. The molecule has 1 amide bonds. The van der Waals surface area contributed by atoms with Crippen LogP contribution in [0.25, 0.3) is 0 Å². The van der Waals surface area contributed by atoms with Gasteiger partial charge in [0, 0.05) is 7.11 Å². The highest BCUT2D eigenvalue weighted by molar-refractivity contribution is 5.98. The molecule has 1 N–H and O–H groups in total. The second-order valence-electron chi connectivity index (χ2n) is 6.06. The maximum absolute atomic E-state index is 12.5. The Labute approximate surface area is 137 Å². The van der Waals surface area contributed by atoms with E-state index in [1.807, 2.05) is 0 Å².